The smallest absolute Gasteiger partial charge is 0.260 e. The molecule has 2 N–H and O–H groups in total. The van der Waals surface area contributed by atoms with Gasteiger partial charge in [-0.25, -0.2) is 4.39 Å². The molecule has 1 aromatic heterocycles. The first-order valence-corrected chi connectivity index (χ1v) is 6.89. The van der Waals surface area contributed by atoms with E-state index >= 15 is 0 Å². The Morgan fingerprint density at radius 2 is 2.25 bits per heavy atom. The molecule has 1 unspecified atom stereocenters. The van der Waals surface area contributed by atoms with Crippen molar-refractivity contribution < 1.29 is 13.7 Å². The highest BCUT2D eigenvalue weighted by Gasteiger charge is 2.28. The van der Waals surface area contributed by atoms with Gasteiger partial charge < -0.3 is 15.0 Å². The van der Waals surface area contributed by atoms with E-state index in [9.17, 15) is 4.39 Å². The lowest BCUT2D eigenvalue weighted by Crippen LogP contribution is -2.39. The van der Waals surface area contributed by atoms with Crippen molar-refractivity contribution in [2.45, 2.75) is 19.4 Å². The van der Waals surface area contributed by atoms with Crippen molar-refractivity contribution in [2.75, 3.05) is 13.2 Å². The molecule has 0 saturated carbocycles. The van der Waals surface area contributed by atoms with Crippen LogP contribution in [0.1, 0.15) is 19.7 Å². The Kier molecular flexibility index (Phi) is 4.52. The Balaban J connectivity index is 2.28. The Labute approximate surface area is 124 Å². The van der Waals surface area contributed by atoms with Crippen LogP contribution >= 0.6 is 15.9 Å². The van der Waals surface area contributed by atoms with Crippen LogP contribution < -0.4 is 5.73 Å². The number of nitrogens with two attached hydrogens (primary N) is 1. The summed E-state index contributed by atoms with van der Waals surface area (Å²) in [7, 11) is 0. The molecule has 0 aliphatic heterocycles. The minimum atomic E-state index is -0.885. The molecule has 0 fully saturated rings. The van der Waals surface area contributed by atoms with Crippen LogP contribution in [0.2, 0.25) is 0 Å². The second kappa shape index (κ2) is 5.99. The summed E-state index contributed by atoms with van der Waals surface area (Å²) in [4.78, 5) is 4.16. The lowest BCUT2D eigenvalue weighted by Gasteiger charge is -2.19. The van der Waals surface area contributed by atoms with Crippen LogP contribution in [0, 0.1) is 5.82 Å². The number of aromatic nitrogens is 2. The van der Waals surface area contributed by atoms with Gasteiger partial charge in [0.05, 0.1) is 12.2 Å². The van der Waals surface area contributed by atoms with Crippen LogP contribution in [0.5, 0.6) is 0 Å². The number of rotatable bonds is 5. The second-order valence-electron chi connectivity index (χ2n) is 4.60. The summed E-state index contributed by atoms with van der Waals surface area (Å²) in [5, 5.41) is 3.81. The first-order valence-electron chi connectivity index (χ1n) is 6.10. The van der Waals surface area contributed by atoms with Crippen molar-refractivity contribution in [3.05, 3.63) is 34.3 Å². The predicted octanol–water partition coefficient (Wildman–Crippen LogP) is 2.85. The van der Waals surface area contributed by atoms with Gasteiger partial charge in [0.15, 0.2) is 5.82 Å². The van der Waals surface area contributed by atoms with Gasteiger partial charge >= 0.3 is 0 Å². The third kappa shape index (κ3) is 3.23. The molecule has 0 radical (unpaired) electrons. The van der Waals surface area contributed by atoms with Crippen molar-refractivity contribution in [3.8, 4) is 11.5 Å². The van der Waals surface area contributed by atoms with E-state index in [0.717, 1.165) is 0 Å². The molecule has 2 aromatic rings. The molecule has 7 heteroatoms. The quantitative estimate of drug-likeness (QED) is 0.903. The van der Waals surface area contributed by atoms with E-state index in [1.165, 1.54) is 6.07 Å². The highest BCUT2D eigenvalue weighted by atomic mass is 79.9. The van der Waals surface area contributed by atoms with Crippen LogP contribution in [0.15, 0.2) is 27.2 Å². The highest BCUT2D eigenvalue weighted by Crippen LogP contribution is 2.26. The molecule has 5 nitrogen and oxygen atoms in total. The SMILES string of the molecule is CCOCC(C)(N)c1noc(-c2ccc(Br)cc2F)n1. The van der Waals surface area contributed by atoms with E-state index < -0.39 is 11.4 Å². The zero-order valence-corrected chi connectivity index (χ0v) is 12.8. The van der Waals surface area contributed by atoms with Crippen molar-refractivity contribution in [3.63, 3.8) is 0 Å². The van der Waals surface area contributed by atoms with Crippen LogP contribution in [0.25, 0.3) is 11.5 Å². The summed E-state index contributed by atoms with van der Waals surface area (Å²) in [5.74, 6) is -0.0699. The first-order chi connectivity index (χ1) is 9.44. The van der Waals surface area contributed by atoms with Crippen molar-refractivity contribution in [1.82, 2.24) is 10.1 Å². The normalized spacial score (nSPS) is 14.2. The zero-order chi connectivity index (χ0) is 14.8. The minimum absolute atomic E-state index is 0.0955. The molecule has 1 aromatic carbocycles. The van der Waals surface area contributed by atoms with Crippen LogP contribution in [-0.4, -0.2) is 23.4 Å². The van der Waals surface area contributed by atoms with E-state index in [0.29, 0.717) is 11.1 Å². The fraction of sp³-hybridized carbons (Fsp3) is 0.385. The molecule has 0 amide bonds. The minimum Gasteiger partial charge on any atom is -0.379 e. The molecule has 0 aliphatic carbocycles. The van der Waals surface area contributed by atoms with Crippen LogP contribution in [0.3, 0.4) is 0 Å². The maximum absolute atomic E-state index is 13.8. The van der Waals surface area contributed by atoms with E-state index in [-0.39, 0.29) is 23.9 Å². The molecular weight excluding hydrogens is 329 g/mol. The number of nitrogens with zero attached hydrogens (tertiary/aromatic N) is 2. The lowest BCUT2D eigenvalue weighted by molar-refractivity contribution is 0.0962. The topological polar surface area (TPSA) is 74.2 Å². The van der Waals surface area contributed by atoms with Gasteiger partial charge in [-0.15, -0.1) is 0 Å². The van der Waals surface area contributed by atoms with Crippen LogP contribution in [0.4, 0.5) is 4.39 Å². The predicted molar refractivity (Wildman–Crippen MR) is 75.4 cm³/mol. The first kappa shape index (κ1) is 15.1. The summed E-state index contributed by atoms with van der Waals surface area (Å²) in [6.07, 6.45) is 0. The number of ether oxygens (including phenoxy) is 1. The summed E-state index contributed by atoms with van der Waals surface area (Å²) in [6, 6.07) is 4.60. The van der Waals surface area contributed by atoms with Gasteiger partial charge in [-0.3, -0.25) is 0 Å². The molecule has 0 spiro atoms. The van der Waals surface area contributed by atoms with Gasteiger partial charge in [0.1, 0.15) is 11.4 Å². The second-order valence-corrected chi connectivity index (χ2v) is 5.52. The van der Waals surface area contributed by atoms with Crippen molar-refractivity contribution in [1.29, 1.82) is 0 Å². The Morgan fingerprint density at radius 3 is 2.90 bits per heavy atom. The molecule has 108 valence electrons. The monoisotopic (exact) mass is 343 g/mol. The van der Waals surface area contributed by atoms with Gasteiger partial charge in [0.2, 0.25) is 0 Å². The third-order valence-electron chi connectivity index (χ3n) is 2.70. The van der Waals surface area contributed by atoms with Gasteiger partial charge in [-0.05, 0) is 32.0 Å². The molecule has 2 rings (SSSR count). The Morgan fingerprint density at radius 1 is 1.50 bits per heavy atom. The van der Waals surface area contributed by atoms with Crippen molar-refractivity contribution >= 4 is 15.9 Å². The molecule has 0 bridgehead atoms. The molecule has 1 atom stereocenters. The largest absolute Gasteiger partial charge is 0.379 e. The average Bonchev–Trinajstić information content (AvgIpc) is 2.86. The standard InChI is InChI=1S/C13H15BrFN3O2/c1-3-19-7-13(2,16)12-17-11(20-18-12)9-5-4-8(14)6-10(9)15/h4-6H,3,7,16H2,1-2H3. The van der Waals surface area contributed by atoms with Gasteiger partial charge in [0.25, 0.3) is 5.89 Å². The van der Waals surface area contributed by atoms with E-state index in [4.69, 9.17) is 15.0 Å². The van der Waals surface area contributed by atoms with Gasteiger partial charge in [-0.1, -0.05) is 21.1 Å². The van der Waals surface area contributed by atoms with E-state index in [2.05, 4.69) is 26.1 Å². The van der Waals surface area contributed by atoms with E-state index in [1.54, 1.807) is 19.1 Å². The van der Waals surface area contributed by atoms with Gasteiger partial charge in [0, 0.05) is 11.1 Å². The molecule has 1 heterocycles. The Bertz CT molecular complexity index is 601. The molecule has 0 saturated heterocycles. The lowest BCUT2D eigenvalue weighted by atomic mass is 10.1. The average molecular weight is 344 g/mol. The summed E-state index contributed by atoms with van der Waals surface area (Å²) in [5.41, 5.74) is 5.42. The highest BCUT2D eigenvalue weighted by molar-refractivity contribution is 9.10. The number of hydrogen-bond acceptors (Lipinski definition) is 5. The van der Waals surface area contributed by atoms with Gasteiger partial charge in [-0.2, -0.15) is 4.98 Å². The zero-order valence-electron chi connectivity index (χ0n) is 11.2. The summed E-state index contributed by atoms with van der Waals surface area (Å²) >= 11 is 3.19. The van der Waals surface area contributed by atoms with Crippen molar-refractivity contribution in [2.24, 2.45) is 5.73 Å². The van der Waals surface area contributed by atoms with Crippen LogP contribution in [-0.2, 0) is 10.3 Å². The number of benzene rings is 1. The fourth-order valence-electron chi connectivity index (χ4n) is 1.61. The van der Waals surface area contributed by atoms with E-state index in [1.807, 2.05) is 6.92 Å². The maximum Gasteiger partial charge on any atom is 0.260 e. The molecule has 0 aliphatic rings. The Hall–Kier alpha value is -1.31. The number of halogens is 2. The number of hydrogen-bond donors (Lipinski definition) is 1. The molecular formula is C13H15BrFN3O2. The summed E-state index contributed by atoms with van der Waals surface area (Å²) in [6.45, 7) is 4.40. The fourth-order valence-corrected chi connectivity index (χ4v) is 1.94. The summed E-state index contributed by atoms with van der Waals surface area (Å²) < 4.78 is 24.8. The maximum atomic E-state index is 13.8. The molecule has 20 heavy (non-hydrogen) atoms. The third-order valence-corrected chi connectivity index (χ3v) is 3.20.